The lowest BCUT2D eigenvalue weighted by molar-refractivity contribution is -0.174. The molecule has 1 atom stereocenters. The number of benzene rings is 1. The van der Waals surface area contributed by atoms with Gasteiger partial charge in [0.25, 0.3) is 5.56 Å². The zero-order chi connectivity index (χ0) is 22.6. The van der Waals surface area contributed by atoms with Crippen molar-refractivity contribution in [3.63, 3.8) is 0 Å². The highest BCUT2D eigenvalue weighted by molar-refractivity contribution is 6.43. The SMILES string of the molecule is Cn1c(N2CCC3(CC[C@H](C(F)(F)F)C3)CC2)nc(N)c(-c2cccc(Cl)c2Cl)c1=O. The van der Waals surface area contributed by atoms with E-state index in [1.54, 1.807) is 25.2 Å². The number of halogens is 5. The van der Waals surface area contributed by atoms with Gasteiger partial charge in [0.15, 0.2) is 0 Å². The highest BCUT2D eigenvalue weighted by atomic mass is 35.5. The quantitative estimate of drug-likeness (QED) is 0.642. The maximum Gasteiger partial charge on any atom is 0.391 e. The number of hydrogen-bond acceptors (Lipinski definition) is 4. The Morgan fingerprint density at radius 3 is 2.48 bits per heavy atom. The molecule has 168 valence electrons. The van der Waals surface area contributed by atoms with Crippen molar-refractivity contribution in [2.24, 2.45) is 18.4 Å². The third kappa shape index (κ3) is 4.00. The summed E-state index contributed by atoms with van der Waals surface area (Å²) in [5.41, 5.74) is 6.10. The first kappa shape index (κ1) is 22.3. The summed E-state index contributed by atoms with van der Waals surface area (Å²) in [6.07, 6.45) is -1.88. The van der Waals surface area contributed by atoms with Gasteiger partial charge < -0.3 is 10.6 Å². The Bertz CT molecular complexity index is 1060. The fraction of sp³-hybridized carbons (Fsp3) is 0.524. The van der Waals surface area contributed by atoms with Gasteiger partial charge in [-0.2, -0.15) is 18.2 Å². The molecule has 0 unspecified atom stereocenters. The average molecular weight is 475 g/mol. The Labute approximate surface area is 188 Å². The largest absolute Gasteiger partial charge is 0.391 e. The molecule has 1 aliphatic carbocycles. The minimum atomic E-state index is -4.13. The monoisotopic (exact) mass is 474 g/mol. The second-order valence-electron chi connectivity index (χ2n) is 8.61. The molecule has 2 aliphatic rings. The summed E-state index contributed by atoms with van der Waals surface area (Å²) in [7, 11) is 1.60. The number of anilines is 2. The Morgan fingerprint density at radius 1 is 1.19 bits per heavy atom. The summed E-state index contributed by atoms with van der Waals surface area (Å²) in [5.74, 6) is -0.760. The first-order valence-electron chi connectivity index (χ1n) is 10.1. The average Bonchev–Trinajstić information content (AvgIpc) is 3.13. The van der Waals surface area contributed by atoms with Crippen LogP contribution in [0, 0.1) is 11.3 Å². The molecular weight excluding hydrogens is 452 g/mol. The van der Waals surface area contributed by atoms with E-state index in [1.165, 1.54) is 4.57 Å². The van der Waals surface area contributed by atoms with Crippen LogP contribution in [0.4, 0.5) is 24.9 Å². The molecule has 2 aromatic rings. The number of nitrogens with two attached hydrogens (primary N) is 1. The molecule has 1 saturated carbocycles. The van der Waals surface area contributed by atoms with Crippen LogP contribution in [0.2, 0.25) is 10.0 Å². The van der Waals surface area contributed by atoms with Gasteiger partial charge >= 0.3 is 6.18 Å². The number of piperidine rings is 1. The molecule has 31 heavy (non-hydrogen) atoms. The van der Waals surface area contributed by atoms with Crippen LogP contribution in [-0.2, 0) is 7.05 Å². The molecule has 0 radical (unpaired) electrons. The van der Waals surface area contributed by atoms with Gasteiger partial charge in [-0.15, -0.1) is 0 Å². The van der Waals surface area contributed by atoms with Crippen molar-refractivity contribution in [2.45, 2.75) is 38.3 Å². The fourth-order valence-electron chi connectivity index (χ4n) is 4.96. The van der Waals surface area contributed by atoms with E-state index in [0.717, 1.165) is 0 Å². The summed E-state index contributed by atoms with van der Waals surface area (Å²) in [4.78, 5) is 19.5. The van der Waals surface area contributed by atoms with Gasteiger partial charge in [-0.25, -0.2) is 0 Å². The van der Waals surface area contributed by atoms with Gasteiger partial charge in [0.05, 0.1) is 21.5 Å². The van der Waals surface area contributed by atoms with E-state index in [4.69, 9.17) is 28.9 Å². The van der Waals surface area contributed by atoms with E-state index in [0.29, 0.717) is 48.9 Å². The Morgan fingerprint density at radius 2 is 1.87 bits per heavy atom. The van der Waals surface area contributed by atoms with Gasteiger partial charge in [0.2, 0.25) is 5.95 Å². The maximum atomic E-state index is 13.1. The minimum Gasteiger partial charge on any atom is -0.383 e. The molecule has 0 amide bonds. The maximum absolute atomic E-state index is 13.1. The predicted octanol–water partition coefficient (Wildman–Crippen LogP) is 5.29. The van der Waals surface area contributed by atoms with Crippen LogP contribution in [0.15, 0.2) is 23.0 Å². The van der Waals surface area contributed by atoms with Crippen LogP contribution >= 0.6 is 23.2 Å². The molecule has 2 fully saturated rings. The molecular formula is C21H23Cl2F3N4O. The van der Waals surface area contributed by atoms with Crippen molar-refractivity contribution >= 4 is 35.0 Å². The summed E-state index contributed by atoms with van der Waals surface area (Å²) in [5, 5.41) is 0.530. The third-order valence-corrected chi connectivity index (χ3v) is 7.61. The molecule has 0 bridgehead atoms. The first-order valence-corrected chi connectivity index (χ1v) is 10.9. The van der Waals surface area contributed by atoms with E-state index in [2.05, 4.69) is 4.98 Å². The number of nitrogen functional groups attached to an aromatic ring is 1. The van der Waals surface area contributed by atoms with Gasteiger partial charge in [-0.05, 0) is 43.6 Å². The standard InChI is InChI=1S/C21H23Cl2F3N4O/c1-29-18(31)15(13-3-2-4-14(22)16(13)23)17(27)28-19(29)30-9-7-20(8-10-30)6-5-12(11-20)21(24,25)26/h2-4,12H,5-11,27H2,1H3/t12-/m0/s1. The lowest BCUT2D eigenvalue weighted by Crippen LogP contribution is -2.42. The topological polar surface area (TPSA) is 64.2 Å². The van der Waals surface area contributed by atoms with Crippen LogP contribution in [0.3, 0.4) is 0 Å². The second-order valence-corrected chi connectivity index (χ2v) is 9.39. The van der Waals surface area contributed by atoms with Crippen molar-refractivity contribution in [2.75, 3.05) is 23.7 Å². The summed E-state index contributed by atoms with van der Waals surface area (Å²) in [6.45, 7) is 1.06. The van der Waals surface area contributed by atoms with Crippen LogP contribution in [0.25, 0.3) is 11.1 Å². The third-order valence-electron chi connectivity index (χ3n) is 6.79. The van der Waals surface area contributed by atoms with E-state index >= 15 is 0 Å². The van der Waals surface area contributed by atoms with Crippen molar-refractivity contribution in [1.82, 2.24) is 9.55 Å². The lowest BCUT2D eigenvalue weighted by atomic mass is 9.76. The molecule has 2 N–H and O–H groups in total. The number of alkyl halides is 3. The zero-order valence-electron chi connectivity index (χ0n) is 17.0. The molecule has 1 aromatic carbocycles. The molecule has 2 heterocycles. The molecule has 1 aliphatic heterocycles. The van der Waals surface area contributed by atoms with Gasteiger partial charge in [-0.3, -0.25) is 9.36 Å². The van der Waals surface area contributed by atoms with E-state index < -0.39 is 12.1 Å². The van der Waals surface area contributed by atoms with Crippen molar-refractivity contribution in [3.8, 4) is 11.1 Å². The number of rotatable bonds is 2. The predicted molar refractivity (Wildman–Crippen MR) is 117 cm³/mol. The van der Waals surface area contributed by atoms with Gasteiger partial charge in [0, 0.05) is 25.7 Å². The van der Waals surface area contributed by atoms with Crippen LogP contribution in [0.5, 0.6) is 0 Å². The Hall–Kier alpha value is -1.93. The van der Waals surface area contributed by atoms with Crippen LogP contribution < -0.4 is 16.2 Å². The summed E-state index contributed by atoms with van der Waals surface area (Å²) >= 11 is 12.3. The van der Waals surface area contributed by atoms with E-state index in [1.807, 2.05) is 4.90 Å². The fourth-order valence-corrected chi connectivity index (χ4v) is 5.36. The summed E-state index contributed by atoms with van der Waals surface area (Å²) < 4.78 is 40.8. The first-order chi connectivity index (χ1) is 14.5. The van der Waals surface area contributed by atoms with Crippen molar-refractivity contribution in [1.29, 1.82) is 0 Å². The lowest BCUT2D eigenvalue weighted by Gasteiger charge is -2.40. The highest BCUT2D eigenvalue weighted by Crippen LogP contribution is 2.53. The van der Waals surface area contributed by atoms with E-state index in [-0.39, 0.29) is 40.2 Å². The molecule has 1 saturated heterocycles. The molecule has 1 aromatic heterocycles. The number of nitrogens with zero attached hydrogens (tertiary/aromatic N) is 3. The molecule has 4 rings (SSSR count). The highest BCUT2D eigenvalue weighted by Gasteiger charge is 2.51. The zero-order valence-corrected chi connectivity index (χ0v) is 18.5. The van der Waals surface area contributed by atoms with E-state index in [9.17, 15) is 18.0 Å². The number of hydrogen-bond donors (Lipinski definition) is 1. The Balaban J connectivity index is 1.59. The number of aromatic nitrogens is 2. The van der Waals surface area contributed by atoms with Crippen molar-refractivity contribution in [3.05, 3.63) is 38.6 Å². The molecule has 1 spiro atoms. The van der Waals surface area contributed by atoms with Crippen LogP contribution in [0.1, 0.15) is 32.1 Å². The molecule has 5 nitrogen and oxygen atoms in total. The molecule has 10 heteroatoms. The van der Waals surface area contributed by atoms with Crippen molar-refractivity contribution < 1.29 is 13.2 Å². The second kappa shape index (κ2) is 7.89. The normalized spacial score (nSPS) is 21.1. The smallest absolute Gasteiger partial charge is 0.383 e. The minimum absolute atomic E-state index is 0.0422. The van der Waals surface area contributed by atoms with Gasteiger partial charge in [0.1, 0.15) is 5.82 Å². The van der Waals surface area contributed by atoms with Gasteiger partial charge in [-0.1, -0.05) is 35.3 Å². The summed E-state index contributed by atoms with van der Waals surface area (Å²) in [6, 6.07) is 4.95. The van der Waals surface area contributed by atoms with Crippen LogP contribution in [-0.4, -0.2) is 28.8 Å². The Kier molecular flexibility index (Phi) is 5.67.